The molecule has 0 radical (unpaired) electrons. The van der Waals surface area contributed by atoms with E-state index in [0.29, 0.717) is 17.7 Å². The Labute approximate surface area is 123 Å². The molecule has 0 amide bonds. The van der Waals surface area contributed by atoms with Crippen molar-refractivity contribution < 1.29 is 0 Å². The summed E-state index contributed by atoms with van der Waals surface area (Å²) < 4.78 is 1.08. The average molecular weight is 359 g/mol. The van der Waals surface area contributed by atoms with Crippen molar-refractivity contribution in [2.45, 2.75) is 58.3 Å². The highest BCUT2D eigenvalue weighted by atomic mass is 127. The van der Waals surface area contributed by atoms with E-state index in [9.17, 15) is 0 Å². The van der Waals surface area contributed by atoms with Gasteiger partial charge < -0.3 is 5.73 Å². The number of aromatic nitrogens is 2. The van der Waals surface area contributed by atoms with Crippen LogP contribution in [0.15, 0.2) is 0 Å². The number of nitrogen functional groups attached to an aromatic ring is 1. The molecule has 1 aliphatic rings. The van der Waals surface area contributed by atoms with Gasteiger partial charge in [-0.2, -0.15) is 0 Å². The van der Waals surface area contributed by atoms with Gasteiger partial charge in [0, 0.05) is 12.3 Å². The van der Waals surface area contributed by atoms with Crippen LogP contribution in [0.3, 0.4) is 0 Å². The Hall–Kier alpha value is -0.390. The first-order valence-electron chi connectivity index (χ1n) is 6.89. The lowest BCUT2D eigenvalue weighted by molar-refractivity contribution is 0.570. The normalized spacial score (nSPS) is 16.7. The summed E-state index contributed by atoms with van der Waals surface area (Å²) in [5.74, 6) is 2.90. The Morgan fingerprint density at radius 1 is 1.28 bits per heavy atom. The van der Waals surface area contributed by atoms with Gasteiger partial charge in [-0.3, -0.25) is 0 Å². The second-order valence-corrected chi connectivity index (χ2v) is 6.72. The Balaban J connectivity index is 2.21. The van der Waals surface area contributed by atoms with Crippen molar-refractivity contribution in [1.82, 2.24) is 9.97 Å². The van der Waals surface area contributed by atoms with E-state index < -0.39 is 0 Å². The highest BCUT2D eigenvalue weighted by molar-refractivity contribution is 14.1. The molecule has 1 saturated carbocycles. The predicted octanol–water partition coefficient (Wildman–Crippen LogP) is 3.91. The minimum Gasteiger partial charge on any atom is -0.383 e. The summed E-state index contributed by atoms with van der Waals surface area (Å²) in [6.45, 7) is 4.46. The van der Waals surface area contributed by atoms with E-state index in [2.05, 4.69) is 41.4 Å². The standard InChI is InChI=1S/C14H22IN3/c1-9(2)7-8-11-17-13(10-5-3-4-6-10)12(15)14(16)18-11/h9-10H,3-8H2,1-2H3,(H2,16,17,18). The van der Waals surface area contributed by atoms with Crippen LogP contribution in [0.1, 0.15) is 63.4 Å². The van der Waals surface area contributed by atoms with Crippen molar-refractivity contribution in [3.05, 3.63) is 15.1 Å². The molecule has 1 aliphatic carbocycles. The summed E-state index contributed by atoms with van der Waals surface area (Å²) in [5, 5.41) is 0. The van der Waals surface area contributed by atoms with Crippen LogP contribution in [0.25, 0.3) is 0 Å². The molecule has 18 heavy (non-hydrogen) atoms. The van der Waals surface area contributed by atoms with Gasteiger partial charge >= 0.3 is 0 Å². The number of hydrogen-bond acceptors (Lipinski definition) is 3. The third kappa shape index (κ3) is 3.33. The maximum atomic E-state index is 6.04. The molecular formula is C14H22IN3. The smallest absolute Gasteiger partial charge is 0.140 e. The second-order valence-electron chi connectivity index (χ2n) is 5.64. The topological polar surface area (TPSA) is 51.8 Å². The van der Waals surface area contributed by atoms with Gasteiger partial charge in [-0.1, -0.05) is 26.7 Å². The third-order valence-electron chi connectivity index (χ3n) is 3.64. The largest absolute Gasteiger partial charge is 0.383 e. The summed E-state index contributed by atoms with van der Waals surface area (Å²) in [4.78, 5) is 9.22. The van der Waals surface area contributed by atoms with Crippen molar-refractivity contribution in [2.75, 3.05) is 5.73 Å². The molecule has 0 aromatic carbocycles. The minimum absolute atomic E-state index is 0.611. The van der Waals surface area contributed by atoms with Gasteiger partial charge in [0.25, 0.3) is 0 Å². The van der Waals surface area contributed by atoms with Crippen LogP contribution in [0, 0.1) is 9.49 Å². The molecule has 0 spiro atoms. The van der Waals surface area contributed by atoms with Gasteiger partial charge in [0.05, 0.1) is 9.26 Å². The van der Waals surface area contributed by atoms with Crippen LogP contribution in [-0.2, 0) is 6.42 Å². The van der Waals surface area contributed by atoms with Gasteiger partial charge in [-0.05, 0) is 47.8 Å². The van der Waals surface area contributed by atoms with E-state index in [-0.39, 0.29) is 0 Å². The van der Waals surface area contributed by atoms with Crippen LogP contribution in [0.2, 0.25) is 0 Å². The van der Waals surface area contributed by atoms with E-state index in [1.807, 2.05) is 0 Å². The lowest BCUT2D eigenvalue weighted by Crippen LogP contribution is -2.10. The van der Waals surface area contributed by atoms with Crippen LogP contribution < -0.4 is 5.73 Å². The first-order chi connectivity index (χ1) is 8.58. The SMILES string of the molecule is CC(C)CCc1nc(N)c(I)c(C2CCCC2)n1. The molecule has 2 rings (SSSR count). The number of aryl methyl sites for hydroxylation is 1. The second kappa shape index (κ2) is 6.17. The molecule has 1 aromatic rings. The molecule has 3 nitrogen and oxygen atoms in total. The van der Waals surface area contributed by atoms with Crippen molar-refractivity contribution in [3.8, 4) is 0 Å². The van der Waals surface area contributed by atoms with Crippen LogP contribution >= 0.6 is 22.6 Å². The Morgan fingerprint density at radius 3 is 2.56 bits per heavy atom. The zero-order valence-electron chi connectivity index (χ0n) is 11.2. The summed E-state index contributed by atoms with van der Waals surface area (Å²) >= 11 is 2.30. The molecule has 4 heteroatoms. The van der Waals surface area contributed by atoms with Gasteiger partial charge in [-0.25, -0.2) is 9.97 Å². The first-order valence-corrected chi connectivity index (χ1v) is 7.97. The van der Waals surface area contributed by atoms with Crippen LogP contribution in [0.5, 0.6) is 0 Å². The van der Waals surface area contributed by atoms with E-state index >= 15 is 0 Å². The minimum atomic E-state index is 0.611. The quantitative estimate of drug-likeness (QED) is 0.830. The summed E-state index contributed by atoms with van der Waals surface area (Å²) in [6.07, 6.45) is 7.24. The molecule has 1 heterocycles. The molecule has 100 valence electrons. The summed E-state index contributed by atoms with van der Waals surface area (Å²) in [5.41, 5.74) is 7.24. The number of rotatable bonds is 4. The van der Waals surface area contributed by atoms with Crippen molar-refractivity contribution in [3.63, 3.8) is 0 Å². The molecule has 0 atom stereocenters. The van der Waals surface area contributed by atoms with Gasteiger partial charge in [0.15, 0.2) is 0 Å². The summed E-state index contributed by atoms with van der Waals surface area (Å²) in [6, 6.07) is 0. The third-order valence-corrected chi connectivity index (χ3v) is 4.74. The Bertz CT molecular complexity index is 412. The zero-order chi connectivity index (χ0) is 13.1. The number of nitrogens with zero attached hydrogens (tertiary/aromatic N) is 2. The molecule has 0 saturated heterocycles. The highest BCUT2D eigenvalue weighted by Crippen LogP contribution is 2.36. The Morgan fingerprint density at radius 2 is 1.94 bits per heavy atom. The maximum Gasteiger partial charge on any atom is 0.140 e. The van der Waals surface area contributed by atoms with Crippen molar-refractivity contribution in [1.29, 1.82) is 0 Å². The van der Waals surface area contributed by atoms with E-state index in [1.165, 1.54) is 31.4 Å². The monoisotopic (exact) mass is 359 g/mol. The lowest BCUT2D eigenvalue weighted by atomic mass is 10.0. The van der Waals surface area contributed by atoms with E-state index in [0.717, 1.165) is 22.2 Å². The van der Waals surface area contributed by atoms with Crippen LogP contribution in [0.4, 0.5) is 5.82 Å². The Kier molecular flexibility index (Phi) is 4.81. The molecular weight excluding hydrogens is 337 g/mol. The van der Waals surface area contributed by atoms with E-state index in [4.69, 9.17) is 10.7 Å². The fraction of sp³-hybridized carbons (Fsp3) is 0.714. The maximum absolute atomic E-state index is 6.04. The molecule has 0 bridgehead atoms. The van der Waals surface area contributed by atoms with Crippen molar-refractivity contribution >= 4 is 28.4 Å². The van der Waals surface area contributed by atoms with Gasteiger partial charge in [0.1, 0.15) is 11.6 Å². The molecule has 0 aliphatic heterocycles. The van der Waals surface area contributed by atoms with Crippen molar-refractivity contribution in [2.24, 2.45) is 5.92 Å². The molecule has 0 unspecified atom stereocenters. The van der Waals surface area contributed by atoms with Crippen LogP contribution in [-0.4, -0.2) is 9.97 Å². The number of nitrogens with two attached hydrogens (primary N) is 1. The summed E-state index contributed by atoms with van der Waals surface area (Å²) in [7, 11) is 0. The fourth-order valence-corrected chi connectivity index (χ4v) is 3.21. The number of hydrogen-bond donors (Lipinski definition) is 1. The zero-order valence-corrected chi connectivity index (χ0v) is 13.4. The van der Waals surface area contributed by atoms with E-state index in [1.54, 1.807) is 0 Å². The molecule has 1 aromatic heterocycles. The molecule has 1 fully saturated rings. The predicted molar refractivity (Wildman–Crippen MR) is 83.5 cm³/mol. The van der Waals surface area contributed by atoms with Gasteiger partial charge in [0.2, 0.25) is 0 Å². The average Bonchev–Trinajstić information content (AvgIpc) is 2.84. The highest BCUT2D eigenvalue weighted by Gasteiger charge is 2.23. The fourth-order valence-electron chi connectivity index (χ4n) is 2.53. The molecule has 2 N–H and O–H groups in total. The number of halogens is 1. The van der Waals surface area contributed by atoms with Gasteiger partial charge in [-0.15, -0.1) is 0 Å². The number of anilines is 1. The lowest BCUT2D eigenvalue weighted by Gasteiger charge is -2.14. The first kappa shape index (κ1) is 14.0.